The smallest absolute Gasteiger partial charge is 0.251 e. The van der Waals surface area contributed by atoms with Gasteiger partial charge in [0, 0.05) is 30.5 Å². The third kappa shape index (κ3) is 2.02. The number of aromatic amines is 1. The second-order valence-corrected chi connectivity index (χ2v) is 4.26. The van der Waals surface area contributed by atoms with Crippen molar-refractivity contribution < 1.29 is 4.74 Å². The molecule has 0 bridgehead atoms. The molecule has 1 aliphatic rings. The van der Waals surface area contributed by atoms with Crippen LogP contribution in [-0.4, -0.2) is 18.2 Å². The van der Waals surface area contributed by atoms with Crippen molar-refractivity contribution in [3.05, 3.63) is 33.7 Å². The van der Waals surface area contributed by atoms with E-state index in [1.54, 1.807) is 6.20 Å². The lowest BCUT2D eigenvalue weighted by Crippen LogP contribution is -2.28. The highest BCUT2D eigenvalue weighted by atomic mass is 16.5. The molecule has 3 heteroatoms. The molecule has 0 radical (unpaired) electrons. The highest BCUT2D eigenvalue weighted by Crippen LogP contribution is 2.29. The van der Waals surface area contributed by atoms with Crippen molar-refractivity contribution in [2.75, 3.05) is 13.2 Å². The third-order valence-corrected chi connectivity index (χ3v) is 3.14. The maximum Gasteiger partial charge on any atom is 0.251 e. The van der Waals surface area contributed by atoms with Gasteiger partial charge in [0.05, 0.1) is 0 Å². The normalized spacial score (nSPS) is 25.0. The first-order valence-corrected chi connectivity index (χ1v) is 5.49. The van der Waals surface area contributed by atoms with Crippen LogP contribution in [0, 0.1) is 18.3 Å². The summed E-state index contributed by atoms with van der Waals surface area (Å²) in [6.07, 6.45) is 7.80. The molecule has 0 aliphatic carbocycles. The van der Waals surface area contributed by atoms with E-state index in [2.05, 4.69) is 17.8 Å². The monoisotopic (exact) mass is 217 g/mol. The van der Waals surface area contributed by atoms with E-state index < -0.39 is 0 Å². The van der Waals surface area contributed by atoms with Crippen LogP contribution in [0.4, 0.5) is 0 Å². The number of rotatable bonds is 1. The highest BCUT2D eigenvalue weighted by Gasteiger charge is 2.25. The summed E-state index contributed by atoms with van der Waals surface area (Å²) in [6.45, 7) is 3.53. The third-order valence-electron chi connectivity index (χ3n) is 3.14. The van der Waals surface area contributed by atoms with Crippen LogP contribution < -0.4 is 5.56 Å². The lowest BCUT2D eigenvalue weighted by molar-refractivity contribution is 0.0469. The van der Waals surface area contributed by atoms with E-state index in [1.807, 2.05) is 6.07 Å². The van der Waals surface area contributed by atoms with E-state index in [4.69, 9.17) is 11.2 Å². The van der Waals surface area contributed by atoms with Crippen molar-refractivity contribution >= 4 is 0 Å². The molecule has 1 fully saturated rings. The summed E-state index contributed by atoms with van der Waals surface area (Å²) in [5, 5.41) is 0. The summed E-state index contributed by atoms with van der Waals surface area (Å²) in [4.78, 5) is 14.5. The quantitative estimate of drug-likeness (QED) is 0.724. The fourth-order valence-electron chi connectivity index (χ4n) is 2.20. The standard InChI is InChI=1S/C13H15NO2/c1-3-10-6-12(13(15)14-7-10)11-4-5-16-8-9(11)2/h1,6-7,9,11H,4-5,8H2,2H3,(H,14,15). The lowest BCUT2D eigenvalue weighted by Gasteiger charge is -2.28. The molecule has 2 unspecified atom stereocenters. The van der Waals surface area contributed by atoms with Crippen molar-refractivity contribution in [2.45, 2.75) is 19.3 Å². The van der Waals surface area contributed by atoms with Crippen LogP contribution in [0.2, 0.25) is 0 Å². The van der Waals surface area contributed by atoms with Crippen molar-refractivity contribution in [3.8, 4) is 12.3 Å². The molecule has 1 saturated heterocycles. The van der Waals surface area contributed by atoms with Crippen LogP contribution >= 0.6 is 0 Å². The van der Waals surface area contributed by atoms with Gasteiger partial charge in [-0.15, -0.1) is 6.42 Å². The van der Waals surface area contributed by atoms with E-state index in [1.165, 1.54) is 0 Å². The average Bonchev–Trinajstić information content (AvgIpc) is 2.31. The molecule has 0 spiro atoms. The largest absolute Gasteiger partial charge is 0.381 e. The van der Waals surface area contributed by atoms with Gasteiger partial charge < -0.3 is 9.72 Å². The van der Waals surface area contributed by atoms with E-state index in [0.717, 1.165) is 17.5 Å². The number of pyridine rings is 1. The number of H-pyrrole nitrogens is 1. The van der Waals surface area contributed by atoms with Crippen LogP contribution in [0.3, 0.4) is 0 Å². The van der Waals surface area contributed by atoms with Gasteiger partial charge in [0.2, 0.25) is 0 Å². The summed E-state index contributed by atoms with van der Waals surface area (Å²) >= 11 is 0. The Balaban J connectivity index is 2.38. The number of hydrogen-bond acceptors (Lipinski definition) is 2. The Kier molecular flexibility index (Phi) is 3.12. The zero-order valence-corrected chi connectivity index (χ0v) is 9.32. The van der Waals surface area contributed by atoms with Gasteiger partial charge in [-0.3, -0.25) is 4.79 Å². The lowest BCUT2D eigenvalue weighted by atomic mass is 9.84. The first-order valence-electron chi connectivity index (χ1n) is 5.49. The van der Waals surface area contributed by atoms with Crippen molar-refractivity contribution in [3.63, 3.8) is 0 Å². The molecule has 1 aliphatic heterocycles. The fourth-order valence-corrected chi connectivity index (χ4v) is 2.20. The van der Waals surface area contributed by atoms with Crippen LogP contribution in [-0.2, 0) is 4.74 Å². The number of hydrogen-bond donors (Lipinski definition) is 1. The zero-order valence-electron chi connectivity index (χ0n) is 9.32. The van der Waals surface area contributed by atoms with Crippen LogP contribution in [0.25, 0.3) is 0 Å². The summed E-state index contributed by atoms with van der Waals surface area (Å²) in [7, 11) is 0. The summed E-state index contributed by atoms with van der Waals surface area (Å²) in [6, 6.07) is 1.82. The first-order chi connectivity index (χ1) is 7.72. The molecule has 3 nitrogen and oxygen atoms in total. The molecule has 2 rings (SSSR count). The predicted octanol–water partition coefficient (Wildman–Crippen LogP) is 1.50. The van der Waals surface area contributed by atoms with E-state index >= 15 is 0 Å². The highest BCUT2D eigenvalue weighted by molar-refractivity contribution is 5.33. The Morgan fingerprint density at radius 1 is 1.62 bits per heavy atom. The number of aromatic nitrogens is 1. The maximum absolute atomic E-state index is 11.8. The molecule has 1 N–H and O–H groups in total. The molecular weight excluding hydrogens is 202 g/mol. The van der Waals surface area contributed by atoms with E-state index in [0.29, 0.717) is 19.1 Å². The molecule has 1 aromatic rings. The molecule has 84 valence electrons. The Hall–Kier alpha value is -1.53. The van der Waals surface area contributed by atoms with Gasteiger partial charge in [-0.05, 0) is 24.3 Å². The van der Waals surface area contributed by atoms with Crippen LogP contribution in [0.15, 0.2) is 17.1 Å². The second-order valence-electron chi connectivity index (χ2n) is 4.26. The zero-order chi connectivity index (χ0) is 11.5. The molecule has 1 aromatic heterocycles. The van der Waals surface area contributed by atoms with Crippen molar-refractivity contribution in [1.29, 1.82) is 0 Å². The molecule has 0 amide bonds. The maximum atomic E-state index is 11.8. The fraction of sp³-hybridized carbons (Fsp3) is 0.462. The molecule has 0 saturated carbocycles. The number of terminal acetylenes is 1. The minimum atomic E-state index is -0.0299. The Morgan fingerprint density at radius 3 is 3.12 bits per heavy atom. The Labute approximate surface area is 94.8 Å². The van der Waals surface area contributed by atoms with Gasteiger partial charge in [-0.1, -0.05) is 12.8 Å². The van der Waals surface area contributed by atoms with Gasteiger partial charge in [-0.25, -0.2) is 0 Å². The van der Waals surface area contributed by atoms with Crippen LogP contribution in [0.5, 0.6) is 0 Å². The van der Waals surface area contributed by atoms with Gasteiger partial charge in [0.25, 0.3) is 5.56 Å². The molecule has 2 atom stereocenters. The van der Waals surface area contributed by atoms with Gasteiger partial charge in [0.15, 0.2) is 0 Å². The van der Waals surface area contributed by atoms with Gasteiger partial charge in [-0.2, -0.15) is 0 Å². The Bertz CT molecular complexity index is 470. The molecular formula is C13H15NO2. The van der Waals surface area contributed by atoms with E-state index in [9.17, 15) is 4.79 Å². The topological polar surface area (TPSA) is 42.1 Å². The van der Waals surface area contributed by atoms with Gasteiger partial charge in [0.1, 0.15) is 0 Å². The predicted molar refractivity (Wildman–Crippen MR) is 62.3 cm³/mol. The Morgan fingerprint density at radius 2 is 2.44 bits per heavy atom. The molecule has 16 heavy (non-hydrogen) atoms. The van der Waals surface area contributed by atoms with Gasteiger partial charge >= 0.3 is 0 Å². The minimum Gasteiger partial charge on any atom is -0.381 e. The number of nitrogens with one attached hydrogen (secondary N) is 1. The SMILES string of the molecule is C#Cc1c[nH]c(=O)c(C2CCOCC2C)c1. The summed E-state index contributed by atoms with van der Waals surface area (Å²) in [5.74, 6) is 3.17. The van der Waals surface area contributed by atoms with E-state index in [-0.39, 0.29) is 11.5 Å². The number of ether oxygens (including phenoxy) is 1. The average molecular weight is 217 g/mol. The minimum absolute atomic E-state index is 0.0299. The van der Waals surface area contributed by atoms with Crippen LogP contribution in [0.1, 0.15) is 30.4 Å². The second kappa shape index (κ2) is 4.54. The molecule has 0 aromatic carbocycles. The molecule has 2 heterocycles. The van der Waals surface area contributed by atoms with Crippen molar-refractivity contribution in [1.82, 2.24) is 4.98 Å². The summed E-state index contributed by atoms with van der Waals surface area (Å²) < 4.78 is 5.38. The first kappa shape index (κ1) is 11.0. The van der Waals surface area contributed by atoms with Crippen molar-refractivity contribution in [2.24, 2.45) is 5.92 Å². The summed E-state index contributed by atoms with van der Waals surface area (Å²) in [5.41, 5.74) is 1.50.